The molecule has 1 heterocycles. The van der Waals surface area contributed by atoms with Gasteiger partial charge in [-0.05, 0) is 58.6 Å². The van der Waals surface area contributed by atoms with Crippen LogP contribution in [0.1, 0.15) is 52.5 Å². The van der Waals surface area contributed by atoms with Crippen LogP contribution in [-0.2, 0) is 6.54 Å². The van der Waals surface area contributed by atoms with E-state index in [2.05, 4.69) is 50.0 Å². The predicted molar refractivity (Wildman–Crippen MR) is 88.7 cm³/mol. The third-order valence-electron chi connectivity index (χ3n) is 3.97. The number of benzene rings is 1. The van der Waals surface area contributed by atoms with Crippen LogP contribution >= 0.6 is 11.6 Å². The number of nitrogens with one attached hydrogen (secondary N) is 1. The number of para-hydroxylation sites is 1. The molecule has 1 aromatic carbocycles. The lowest BCUT2D eigenvalue weighted by molar-refractivity contribution is 0.422. The largest absolute Gasteiger partial charge is 0.367 e. The van der Waals surface area contributed by atoms with E-state index in [1.54, 1.807) is 0 Å². The Morgan fingerprint density at radius 3 is 2.70 bits per heavy atom. The number of rotatable bonds is 3. The summed E-state index contributed by atoms with van der Waals surface area (Å²) in [7, 11) is 0. The Labute approximate surface area is 128 Å². The molecule has 0 bridgehead atoms. The highest BCUT2D eigenvalue weighted by molar-refractivity contribution is 6.33. The fraction of sp³-hybridized carbons (Fsp3) is 0.647. The molecule has 2 nitrogen and oxygen atoms in total. The molecule has 112 valence electrons. The first-order valence-electron chi connectivity index (χ1n) is 7.67. The van der Waals surface area contributed by atoms with Crippen molar-refractivity contribution in [1.29, 1.82) is 0 Å². The maximum Gasteiger partial charge on any atom is 0.0643 e. The van der Waals surface area contributed by atoms with Crippen LogP contribution in [0.25, 0.3) is 0 Å². The van der Waals surface area contributed by atoms with Crippen molar-refractivity contribution < 1.29 is 0 Å². The molecule has 20 heavy (non-hydrogen) atoms. The SMILES string of the molecule is CC1CCCCN1c1c(Cl)cccc1CNC(C)(C)C. The molecule has 0 saturated carbocycles. The van der Waals surface area contributed by atoms with Gasteiger partial charge in [-0.3, -0.25) is 0 Å². The zero-order valence-corrected chi connectivity index (χ0v) is 13.9. The summed E-state index contributed by atoms with van der Waals surface area (Å²) in [5, 5.41) is 4.46. The number of anilines is 1. The fourth-order valence-corrected chi connectivity index (χ4v) is 3.12. The molecule has 0 aliphatic carbocycles. The monoisotopic (exact) mass is 294 g/mol. The van der Waals surface area contributed by atoms with E-state index < -0.39 is 0 Å². The van der Waals surface area contributed by atoms with Gasteiger partial charge in [-0.2, -0.15) is 0 Å². The minimum absolute atomic E-state index is 0.118. The van der Waals surface area contributed by atoms with Gasteiger partial charge in [0.25, 0.3) is 0 Å². The lowest BCUT2D eigenvalue weighted by Crippen LogP contribution is -2.39. The lowest BCUT2D eigenvalue weighted by Gasteiger charge is -2.37. The highest BCUT2D eigenvalue weighted by atomic mass is 35.5. The highest BCUT2D eigenvalue weighted by Crippen LogP contribution is 2.34. The fourth-order valence-electron chi connectivity index (χ4n) is 2.81. The maximum atomic E-state index is 6.51. The van der Waals surface area contributed by atoms with Crippen LogP contribution in [-0.4, -0.2) is 18.1 Å². The van der Waals surface area contributed by atoms with Crippen LogP contribution in [0.2, 0.25) is 5.02 Å². The van der Waals surface area contributed by atoms with Crippen molar-refractivity contribution in [2.45, 2.75) is 65.1 Å². The zero-order chi connectivity index (χ0) is 14.8. The van der Waals surface area contributed by atoms with Crippen LogP contribution in [0, 0.1) is 0 Å². The molecular weight excluding hydrogens is 268 g/mol. The molecule has 1 saturated heterocycles. The molecule has 1 aliphatic heterocycles. The minimum Gasteiger partial charge on any atom is -0.367 e. The van der Waals surface area contributed by atoms with Crippen molar-refractivity contribution in [2.75, 3.05) is 11.4 Å². The molecule has 0 amide bonds. The second-order valence-corrected chi connectivity index (χ2v) is 7.30. The van der Waals surface area contributed by atoms with Gasteiger partial charge in [-0.1, -0.05) is 23.7 Å². The minimum atomic E-state index is 0.118. The predicted octanol–water partition coefficient (Wildman–Crippen LogP) is 4.61. The van der Waals surface area contributed by atoms with Crippen LogP contribution in [0.5, 0.6) is 0 Å². The molecule has 1 N–H and O–H groups in total. The third-order valence-corrected chi connectivity index (χ3v) is 4.27. The Morgan fingerprint density at radius 2 is 2.05 bits per heavy atom. The number of hydrogen-bond donors (Lipinski definition) is 1. The molecule has 1 fully saturated rings. The standard InChI is InChI=1S/C17H27ClN2/c1-13-8-5-6-11-20(13)16-14(9-7-10-15(16)18)12-19-17(2,3)4/h7,9-10,13,19H,5-6,8,11-12H2,1-4H3. The molecule has 1 unspecified atom stereocenters. The Kier molecular flexibility index (Phi) is 4.98. The van der Waals surface area contributed by atoms with Crippen LogP contribution in [0.4, 0.5) is 5.69 Å². The lowest BCUT2D eigenvalue weighted by atomic mass is 10.0. The summed E-state index contributed by atoms with van der Waals surface area (Å²) in [4.78, 5) is 2.49. The first-order valence-corrected chi connectivity index (χ1v) is 8.05. The van der Waals surface area contributed by atoms with Crippen molar-refractivity contribution >= 4 is 17.3 Å². The van der Waals surface area contributed by atoms with E-state index in [4.69, 9.17) is 11.6 Å². The van der Waals surface area contributed by atoms with Crippen LogP contribution in [0.3, 0.4) is 0 Å². The summed E-state index contributed by atoms with van der Waals surface area (Å²) >= 11 is 6.51. The van der Waals surface area contributed by atoms with Gasteiger partial charge in [0.1, 0.15) is 0 Å². The summed E-state index contributed by atoms with van der Waals surface area (Å²) < 4.78 is 0. The smallest absolute Gasteiger partial charge is 0.0643 e. The van der Waals surface area contributed by atoms with E-state index in [9.17, 15) is 0 Å². The normalized spacial score (nSPS) is 20.2. The van der Waals surface area contributed by atoms with E-state index in [0.717, 1.165) is 18.1 Å². The summed E-state index contributed by atoms with van der Waals surface area (Å²) in [5.41, 5.74) is 2.66. The second kappa shape index (κ2) is 6.36. The van der Waals surface area contributed by atoms with Crippen LogP contribution < -0.4 is 10.2 Å². The molecule has 1 atom stereocenters. The Bertz CT molecular complexity index is 451. The number of hydrogen-bond acceptors (Lipinski definition) is 2. The average molecular weight is 295 g/mol. The zero-order valence-electron chi connectivity index (χ0n) is 13.2. The van der Waals surface area contributed by atoms with Gasteiger partial charge >= 0.3 is 0 Å². The van der Waals surface area contributed by atoms with Gasteiger partial charge in [-0.15, -0.1) is 0 Å². The van der Waals surface area contributed by atoms with Crippen molar-refractivity contribution in [3.8, 4) is 0 Å². The number of nitrogens with zero attached hydrogens (tertiary/aromatic N) is 1. The molecule has 2 rings (SSSR count). The molecule has 1 aliphatic rings. The first kappa shape index (κ1) is 15.7. The van der Waals surface area contributed by atoms with Crippen molar-refractivity contribution in [2.24, 2.45) is 0 Å². The molecule has 0 aromatic heterocycles. The van der Waals surface area contributed by atoms with Gasteiger partial charge in [0, 0.05) is 24.7 Å². The Morgan fingerprint density at radius 1 is 1.30 bits per heavy atom. The maximum absolute atomic E-state index is 6.51. The molecule has 3 heteroatoms. The summed E-state index contributed by atoms with van der Waals surface area (Å²) in [6, 6.07) is 6.84. The molecule has 1 aromatic rings. The molecule has 0 radical (unpaired) electrons. The van der Waals surface area contributed by atoms with Gasteiger partial charge < -0.3 is 10.2 Å². The van der Waals surface area contributed by atoms with Crippen molar-refractivity contribution in [1.82, 2.24) is 5.32 Å². The Balaban J connectivity index is 2.26. The number of piperidine rings is 1. The summed E-state index contributed by atoms with van der Waals surface area (Å²) in [6.45, 7) is 10.9. The third kappa shape index (κ3) is 3.89. The van der Waals surface area contributed by atoms with E-state index >= 15 is 0 Å². The van der Waals surface area contributed by atoms with Crippen LogP contribution in [0.15, 0.2) is 18.2 Å². The van der Waals surface area contributed by atoms with E-state index in [0.29, 0.717) is 6.04 Å². The van der Waals surface area contributed by atoms with Crippen molar-refractivity contribution in [3.63, 3.8) is 0 Å². The molecule has 0 spiro atoms. The summed E-state index contributed by atoms with van der Waals surface area (Å²) in [6.07, 6.45) is 3.86. The van der Waals surface area contributed by atoms with Gasteiger partial charge in [0.2, 0.25) is 0 Å². The average Bonchev–Trinajstić information content (AvgIpc) is 2.37. The van der Waals surface area contributed by atoms with E-state index in [1.165, 1.54) is 30.5 Å². The van der Waals surface area contributed by atoms with Gasteiger partial charge in [0.15, 0.2) is 0 Å². The van der Waals surface area contributed by atoms with Gasteiger partial charge in [-0.25, -0.2) is 0 Å². The molecular formula is C17H27ClN2. The van der Waals surface area contributed by atoms with Crippen molar-refractivity contribution in [3.05, 3.63) is 28.8 Å². The highest BCUT2D eigenvalue weighted by Gasteiger charge is 2.23. The summed E-state index contributed by atoms with van der Waals surface area (Å²) in [5.74, 6) is 0. The Hall–Kier alpha value is -0.730. The number of halogens is 1. The second-order valence-electron chi connectivity index (χ2n) is 6.89. The quantitative estimate of drug-likeness (QED) is 0.876. The first-order chi connectivity index (χ1) is 9.38. The van der Waals surface area contributed by atoms with Gasteiger partial charge in [0.05, 0.1) is 10.7 Å². The van der Waals surface area contributed by atoms with E-state index in [-0.39, 0.29) is 5.54 Å². The van der Waals surface area contributed by atoms with E-state index in [1.807, 2.05) is 6.07 Å². The topological polar surface area (TPSA) is 15.3 Å².